The van der Waals surface area contributed by atoms with Crippen molar-refractivity contribution in [3.05, 3.63) is 71.3 Å². The molecule has 10 heteroatoms. The molecule has 0 spiro atoms. The Morgan fingerprint density at radius 1 is 1.16 bits per heavy atom. The molecular weight excluding hydrogens is 450 g/mol. The number of benzene rings is 2. The van der Waals surface area contributed by atoms with E-state index >= 15 is 0 Å². The van der Waals surface area contributed by atoms with E-state index in [2.05, 4.69) is 19.7 Å². The molecule has 0 aliphatic rings. The highest BCUT2D eigenvalue weighted by atomic mass is 35.5. The zero-order valence-electron chi connectivity index (χ0n) is 17.8. The van der Waals surface area contributed by atoms with E-state index < -0.39 is 10.0 Å². The van der Waals surface area contributed by atoms with E-state index in [-0.39, 0.29) is 17.2 Å². The smallest absolute Gasteiger partial charge is 0.284 e. The van der Waals surface area contributed by atoms with Gasteiger partial charge in [-0.25, -0.2) is 9.97 Å². The van der Waals surface area contributed by atoms with Crippen LogP contribution in [0, 0.1) is 6.92 Å². The van der Waals surface area contributed by atoms with E-state index in [0.717, 1.165) is 0 Å². The summed E-state index contributed by atoms with van der Waals surface area (Å²) < 4.78 is 29.7. The summed E-state index contributed by atoms with van der Waals surface area (Å²) in [6, 6.07) is 11.6. The molecule has 0 fully saturated rings. The number of halogens is 1. The first-order chi connectivity index (χ1) is 15.2. The molecule has 3 rings (SSSR count). The van der Waals surface area contributed by atoms with Crippen molar-refractivity contribution in [3.8, 4) is 11.1 Å². The largest absolute Gasteiger partial charge is 0.368 e. The van der Waals surface area contributed by atoms with Gasteiger partial charge in [-0.15, -0.1) is 4.40 Å². The molecule has 1 aromatic heterocycles. The van der Waals surface area contributed by atoms with Gasteiger partial charge in [-0.3, -0.25) is 4.79 Å². The molecule has 0 saturated carbocycles. The van der Waals surface area contributed by atoms with E-state index in [1.807, 2.05) is 0 Å². The van der Waals surface area contributed by atoms with Crippen molar-refractivity contribution >= 4 is 39.6 Å². The van der Waals surface area contributed by atoms with Crippen molar-refractivity contribution in [1.82, 2.24) is 14.9 Å². The van der Waals surface area contributed by atoms with Crippen molar-refractivity contribution in [1.29, 1.82) is 0 Å². The predicted octanol–water partition coefficient (Wildman–Crippen LogP) is 3.57. The Balaban J connectivity index is 1.98. The Bertz CT molecular complexity index is 1260. The zero-order valence-corrected chi connectivity index (χ0v) is 19.4. The van der Waals surface area contributed by atoms with Gasteiger partial charge in [0, 0.05) is 48.3 Å². The number of anilines is 1. The van der Waals surface area contributed by atoms with Gasteiger partial charge >= 0.3 is 0 Å². The van der Waals surface area contributed by atoms with Gasteiger partial charge in [-0.1, -0.05) is 35.9 Å². The third-order valence-electron chi connectivity index (χ3n) is 4.36. The summed E-state index contributed by atoms with van der Waals surface area (Å²) in [5.41, 5.74) is 1.88. The number of amides is 1. The van der Waals surface area contributed by atoms with Crippen LogP contribution in [0.4, 0.5) is 5.69 Å². The molecule has 0 atom stereocenters. The van der Waals surface area contributed by atoms with Gasteiger partial charge in [0.15, 0.2) is 0 Å². The second kappa shape index (κ2) is 9.88. The normalized spacial score (nSPS) is 11.5. The van der Waals surface area contributed by atoms with Crippen LogP contribution in [0.3, 0.4) is 0 Å². The summed E-state index contributed by atoms with van der Waals surface area (Å²) >= 11 is 6.13. The van der Waals surface area contributed by atoms with Crippen molar-refractivity contribution < 1.29 is 13.2 Å². The molecule has 32 heavy (non-hydrogen) atoms. The number of aryl methyl sites for hydroxylation is 1. The molecule has 0 saturated heterocycles. The number of hydrogen-bond acceptors (Lipinski definition) is 5. The molecular formula is C22H22ClN5O3S. The average molecular weight is 472 g/mol. The molecule has 1 heterocycles. The van der Waals surface area contributed by atoms with Crippen LogP contribution in [-0.2, 0) is 21.2 Å². The summed E-state index contributed by atoms with van der Waals surface area (Å²) in [6.45, 7) is 1.74. The molecule has 0 radical (unpaired) electrons. The van der Waals surface area contributed by atoms with Crippen LogP contribution >= 0.6 is 11.6 Å². The molecule has 0 aliphatic heterocycles. The maximum absolute atomic E-state index is 13.0. The number of carbonyl (C=O) groups excluding carboxylic acids is 1. The summed E-state index contributed by atoms with van der Waals surface area (Å²) in [5.74, 6) is 0.233. The Kier molecular flexibility index (Phi) is 7.22. The third kappa shape index (κ3) is 5.89. The minimum absolute atomic E-state index is 0.0497. The Morgan fingerprint density at radius 2 is 1.84 bits per heavy atom. The van der Waals surface area contributed by atoms with Crippen LogP contribution in [0.15, 0.2) is 64.2 Å². The number of rotatable bonds is 7. The number of carbonyl (C=O) groups is 1. The second-order valence-electron chi connectivity index (χ2n) is 7.21. The lowest BCUT2D eigenvalue weighted by atomic mass is 10.1. The number of nitrogens with one attached hydrogen (secondary N) is 1. The lowest BCUT2D eigenvalue weighted by molar-refractivity contribution is -0.115. The van der Waals surface area contributed by atoms with Crippen LogP contribution in [-0.4, -0.2) is 49.6 Å². The van der Waals surface area contributed by atoms with Gasteiger partial charge in [0.25, 0.3) is 10.0 Å². The fourth-order valence-corrected chi connectivity index (χ4v) is 4.19. The number of aromatic nitrogens is 2. The van der Waals surface area contributed by atoms with E-state index in [9.17, 15) is 13.2 Å². The van der Waals surface area contributed by atoms with Crippen molar-refractivity contribution in [2.24, 2.45) is 4.40 Å². The Hall–Kier alpha value is -3.30. The van der Waals surface area contributed by atoms with Gasteiger partial charge in [-0.2, -0.15) is 8.42 Å². The molecule has 0 bridgehead atoms. The lowest BCUT2D eigenvalue weighted by Crippen LogP contribution is -2.15. The van der Waals surface area contributed by atoms with Crippen LogP contribution in [0.2, 0.25) is 5.02 Å². The third-order valence-corrected chi connectivity index (χ3v) is 6.00. The van der Waals surface area contributed by atoms with Crippen molar-refractivity contribution in [2.45, 2.75) is 18.2 Å². The Labute approximate surface area is 192 Å². The van der Waals surface area contributed by atoms with Crippen molar-refractivity contribution in [2.75, 3.05) is 19.4 Å². The minimum Gasteiger partial charge on any atom is -0.368 e. The van der Waals surface area contributed by atoms with Crippen LogP contribution in [0.1, 0.15) is 11.4 Å². The molecule has 2 aromatic carbocycles. The monoisotopic (exact) mass is 471 g/mol. The summed E-state index contributed by atoms with van der Waals surface area (Å²) in [7, 11) is -0.737. The number of nitrogens with zero attached hydrogens (tertiary/aromatic N) is 4. The van der Waals surface area contributed by atoms with Crippen LogP contribution < -0.4 is 5.32 Å². The van der Waals surface area contributed by atoms with Gasteiger partial charge in [0.2, 0.25) is 5.91 Å². The molecule has 1 amide bonds. The molecule has 166 valence electrons. The lowest BCUT2D eigenvalue weighted by Gasteiger charge is -2.12. The molecule has 0 aliphatic carbocycles. The highest BCUT2D eigenvalue weighted by Gasteiger charge is 2.20. The van der Waals surface area contributed by atoms with Gasteiger partial charge < -0.3 is 10.2 Å². The predicted molar refractivity (Wildman–Crippen MR) is 125 cm³/mol. The zero-order chi connectivity index (χ0) is 23.3. The first-order valence-corrected chi connectivity index (χ1v) is 11.4. The van der Waals surface area contributed by atoms with E-state index in [0.29, 0.717) is 33.2 Å². The average Bonchev–Trinajstić information content (AvgIpc) is 2.75. The Morgan fingerprint density at radius 3 is 2.50 bits per heavy atom. The number of hydrogen-bond donors (Lipinski definition) is 1. The molecule has 3 aromatic rings. The summed E-state index contributed by atoms with van der Waals surface area (Å²) in [6.07, 6.45) is 4.34. The van der Waals surface area contributed by atoms with E-state index in [1.165, 1.54) is 17.3 Å². The summed E-state index contributed by atoms with van der Waals surface area (Å²) in [5, 5.41) is 3.21. The van der Waals surface area contributed by atoms with Crippen LogP contribution in [0.25, 0.3) is 11.1 Å². The van der Waals surface area contributed by atoms with E-state index in [1.54, 1.807) is 69.8 Å². The fraction of sp³-hybridized carbons (Fsp3) is 0.182. The fourth-order valence-electron chi connectivity index (χ4n) is 2.82. The van der Waals surface area contributed by atoms with Gasteiger partial charge in [0.1, 0.15) is 12.2 Å². The first-order valence-electron chi connectivity index (χ1n) is 9.59. The summed E-state index contributed by atoms with van der Waals surface area (Å²) in [4.78, 5) is 22.3. The number of sulfonamides is 1. The highest BCUT2D eigenvalue weighted by Crippen LogP contribution is 2.31. The SMILES string of the molecule is Cc1ncc(-c2ccc(NC(=O)Cc3ccccc3Cl)cc2S(=O)(=O)N=CN(C)C)cn1. The first kappa shape index (κ1) is 23.4. The molecule has 1 N–H and O–H groups in total. The maximum Gasteiger partial charge on any atom is 0.284 e. The minimum atomic E-state index is -4.07. The van der Waals surface area contributed by atoms with Gasteiger partial charge in [0.05, 0.1) is 11.3 Å². The molecule has 0 unspecified atom stereocenters. The highest BCUT2D eigenvalue weighted by molar-refractivity contribution is 7.90. The topological polar surface area (TPSA) is 105 Å². The van der Waals surface area contributed by atoms with Crippen LogP contribution in [0.5, 0.6) is 0 Å². The molecule has 8 nitrogen and oxygen atoms in total. The second-order valence-corrected chi connectivity index (χ2v) is 9.21. The maximum atomic E-state index is 13.0. The quantitative estimate of drug-likeness (QED) is 0.417. The standard InChI is InChI=1S/C22H22ClN5O3S/c1-15-24-12-17(13-25-15)19-9-8-18(11-21(19)32(30,31)26-14-28(2)3)27-22(29)10-16-6-4-5-7-20(16)23/h4-9,11-14H,10H2,1-3H3,(H,27,29). The van der Waals surface area contributed by atoms with Crippen molar-refractivity contribution in [3.63, 3.8) is 0 Å². The van der Waals surface area contributed by atoms with Gasteiger partial charge in [-0.05, 0) is 30.7 Å². The van der Waals surface area contributed by atoms with E-state index in [4.69, 9.17) is 11.6 Å².